The van der Waals surface area contributed by atoms with Crippen LogP contribution >= 0.6 is 12.4 Å². The van der Waals surface area contributed by atoms with Crippen LogP contribution in [0.5, 0.6) is 0 Å². The van der Waals surface area contributed by atoms with Gasteiger partial charge in [-0.05, 0) is 75.2 Å². The minimum absolute atomic E-state index is 0. The summed E-state index contributed by atoms with van der Waals surface area (Å²) in [5.74, 6) is -0.353. The molecule has 0 spiro atoms. The number of anilines is 1. The summed E-state index contributed by atoms with van der Waals surface area (Å²) >= 11 is 0. The molecule has 4 rings (SSSR count). The molecular formula is C23H26ClN3O3. The van der Waals surface area contributed by atoms with Crippen LogP contribution < -0.4 is 10.2 Å². The number of nitrogens with one attached hydrogen (secondary N) is 1. The Kier molecular flexibility index (Phi) is 6.29. The molecule has 7 heteroatoms. The van der Waals surface area contributed by atoms with E-state index in [2.05, 4.69) is 5.32 Å². The first-order valence-electron chi connectivity index (χ1n) is 9.94. The maximum absolute atomic E-state index is 13.1. The third kappa shape index (κ3) is 3.73. The number of carbonyl (C=O) groups is 3. The van der Waals surface area contributed by atoms with E-state index in [9.17, 15) is 14.4 Å². The molecule has 2 aromatic rings. The van der Waals surface area contributed by atoms with E-state index in [-0.39, 0.29) is 30.1 Å². The highest BCUT2D eigenvalue weighted by molar-refractivity contribution is 6.35. The predicted molar refractivity (Wildman–Crippen MR) is 119 cm³/mol. The Morgan fingerprint density at radius 2 is 1.80 bits per heavy atom. The van der Waals surface area contributed by atoms with Crippen molar-refractivity contribution in [3.63, 3.8) is 0 Å². The number of hydrogen-bond donors (Lipinski definition) is 1. The standard InChI is InChI=1S/C23H25N3O3.ClH/c1-14-4-5-15(2)20(10-14)26-22(28)18-7-6-17(11-19(18)23(26)29)21(27)25-9-8-16(13-25)12-24-3;/h4-7,10-11,16,24H,8-9,12-13H2,1-3H3;1H. The second-order valence-electron chi connectivity index (χ2n) is 7.96. The molecule has 0 bridgehead atoms. The molecule has 1 saturated heterocycles. The van der Waals surface area contributed by atoms with Gasteiger partial charge in [0.05, 0.1) is 16.8 Å². The molecule has 158 valence electrons. The van der Waals surface area contributed by atoms with Gasteiger partial charge in [0, 0.05) is 18.7 Å². The Hall–Kier alpha value is -2.70. The van der Waals surface area contributed by atoms with Gasteiger partial charge in [0.25, 0.3) is 17.7 Å². The Labute approximate surface area is 182 Å². The van der Waals surface area contributed by atoms with Crippen LogP contribution in [0.4, 0.5) is 5.69 Å². The number of carbonyl (C=O) groups excluding carboxylic acids is 3. The summed E-state index contributed by atoms with van der Waals surface area (Å²) in [6, 6.07) is 10.5. The second kappa shape index (κ2) is 8.58. The fraction of sp³-hybridized carbons (Fsp3) is 0.348. The number of likely N-dealkylation sites (tertiary alicyclic amines) is 1. The minimum atomic E-state index is -0.372. The fourth-order valence-electron chi connectivity index (χ4n) is 4.21. The van der Waals surface area contributed by atoms with Gasteiger partial charge in [-0.25, -0.2) is 4.90 Å². The van der Waals surface area contributed by atoms with Gasteiger partial charge in [-0.15, -0.1) is 12.4 Å². The fourth-order valence-corrected chi connectivity index (χ4v) is 4.21. The first kappa shape index (κ1) is 22.0. The lowest BCUT2D eigenvalue weighted by Crippen LogP contribution is -2.30. The summed E-state index contributed by atoms with van der Waals surface area (Å²) in [5, 5.41) is 3.16. The third-order valence-corrected chi connectivity index (χ3v) is 5.80. The predicted octanol–water partition coefficient (Wildman–Crippen LogP) is 3.21. The van der Waals surface area contributed by atoms with Gasteiger partial charge >= 0.3 is 0 Å². The van der Waals surface area contributed by atoms with Crippen molar-refractivity contribution in [2.45, 2.75) is 20.3 Å². The SMILES string of the molecule is CNCC1CCN(C(=O)c2ccc3c(c2)C(=O)N(c2cc(C)ccc2C)C3=O)C1.Cl. The monoisotopic (exact) mass is 427 g/mol. The average Bonchev–Trinajstić information content (AvgIpc) is 3.27. The third-order valence-electron chi connectivity index (χ3n) is 5.80. The summed E-state index contributed by atoms with van der Waals surface area (Å²) in [5.41, 5.74) is 3.53. The number of amides is 3. The number of halogens is 1. The smallest absolute Gasteiger partial charge is 0.266 e. The topological polar surface area (TPSA) is 69.7 Å². The molecule has 2 aromatic carbocycles. The number of benzene rings is 2. The lowest BCUT2D eigenvalue weighted by Gasteiger charge is -2.17. The molecule has 0 saturated carbocycles. The second-order valence-corrected chi connectivity index (χ2v) is 7.96. The minimum Gasteiger partial charge on any atom is -0.338 e. The average molecular weight is 428 g/mol. The van der Waals surface area contributed by atoms with Gasteiger partial charge in [-0.1, -0.05) is 12.1 Å². The van der Waals surface area contributed by atoms with Crippen molar-refractivity contribution in [2.24, 2.45) is 5.92 Å². The van der Waals surface area contributed by atoms with Crippen molar-refractivity contribution < 1.29 is 14.4 Å². The Morgan fingerprint density at radius 1 is 1.07 bits per heavy atom. The molecule has 2 aliphatic rings. The summed E-state index contributed by atoms with van der Waals surface area (Å²) < 4.78 is 0. The lowest BCUT2D eigenvalue weighted by atomic mass is 10.0. The van der Waals surface area contributed by atoms with E-state index < -0.39 is 0 Å². The van der Waals surface area contributed by atoms with E-state index in [4.69, 9.17) is 0 Å². The molecule has 1 fully saturated rings. The van der Waals surface area contributed by atoms with Crippen molar-refractivity contribution in [3.8, 4) is 0 Å². The zero-order valence-corrected chi connectivity index (χ0v) is 18.2. The molecule has 1 atom stereocenters. The molecule has 1 unspecified atom stereocenters. The van der Waals surface area contributed by atoms with Crippen LogP contribution in [0.15, 0.2) is 36.4 Å². The van der Waals surface area contributed by atoms with E-state index in [0.717, 1.165) is 24.1 Å². The van der Waals surface area contributed by atoms with Crippen LogP contribution in [0.1, 0.15) is 48.6 Å². The molecule has 0 aliphatic carbocycles. The van der Waals surface area contributed by atoms with Crippen LogP contribution in [-0.2, 0) is 0 Å². The highest BCUT2D eigenvalue weighted by Gasteiger charge is 2.38. The largest absolute Gasteiger partial charge is 0.338 e. The number of fused-ring (bicyclic) bond motifs is 1. The molecule has 2 aliphatic heterocycles. The number of aryl methyl sites for hydroxylation is 2. The van der Waals surface area contributed by atoms with Crippen LogP contribution in [0, 0.1) is 19.8 Å². The zero-order chi connectivity index (χ0) is 20.7. The lowest BCUT2D eigenvalue weighted by molar-refractivity contribution is 0.0786. The van der Waals surface area contributed by atoms with Gasteiger partial charge in [0.2, 0.25) is 0 Å². The molecule has 1 N–H and O–H groups in total. The van der Waals surface area contributed by atoms with Gasteiger partial charge in [0.15, 0.2) is 0 Å². The molecule has 2 heterocycles. The molecular weight excluding hydrogens is 402 g/mol. The van der Waals surface area contributed by atoms with Gasteiger partial charge in [-0.3, -0.25) is 14.4 Å². The van der Waals surface area contributed by atoms with E-state index in [1.165, 1.54) is 4.90 Å². The zero-order valence-electron chi connectivity index (χ0n) is 17.4. The van der Waals surface area contributed by atoms with Crippen LogP contribution in [-0.4, -0.2) is 49.3 Å². The summed E-state index contributed by atoms with van der Waals surface area (Å²) in [7, 11) is 1.91. The Morgan fingerprint density at radius 3 is 2.53 bits per heavy atom. The van der Waals surface area contributed by atoms with E-state index in [1.54, 1.807) is 18.2 Å². The van der Waals surface area contributed by atoms with Crippen molar-refractivity contribution >= 4 is 35.8 Å². The number of rotatable bonds is 4. The van der Waals surface area contributed by atoms with Gasteiger partial charge < -0.3 is 10.2 Å². The molecule has 6 nitrogen and oxygen atoms in total. The Balaban J connectivity index is 0.00000256. The van der Waals surface area contributed by atoms with E-state index in [0.29, 0.717) is 41.4 Å². The number of hydrogen-bond acceptors (Lipinski definition) is 4. The first-order chi connectivity index (χ1) is 13.9. The number of imide groups is 1. The van der Waals surface area contributed by atoms with E-state index >= 15 is 0 Å². The van der Waals surface area contributed by atoms with Crippen molar-refractivity contribution in [3.05, 3.63) is 64.2 Å². The van der Waals surface area contributed by atoms with Gasteiger partial charge in [0.1, 0.15) is 0 Å². The van der Waals surface area contributed by atoms with E-state index in [1.807, 2.05) is 44.0 Å². The van der Waals surface area contributed by atoms with Crippen LogP contribution in [0.25, 0.3) is 0 Å². The summed E-state index contributed by atoms with van der Waals surface area (Å²) in [4.78, 5) is 42.0. The normalized spacial score (nSPS) is 17.9. The molecule has 0 radical (unpaired) electrons. The Bertz CT molecular complexity index is 1020. The molecule has 3 amide bonds. The van der Waals surface area contributed by atoms with Crippen molar-refractivity contribution in [1.29, 1.82) is 0 Å². The van der Waals surface area contributed by atoms with Crippen molar-refractivity contribution in [2.75, 3.05) is 31.6 Å². The number of nitrogens with zero attached hydrogens (tertiary/aromatic N) is 2. The highest BCUT2D eigenvalue weighted by atomic mass is 35.5. The van der Waals surface area contributed by atoms with Crippen LogP contribution in [0.3, 0.4) is 0 Å². The summed E-state index contributed by atoms with van der Waals surface area (Å²) in [6.45, 7) is 6.10. The highest BCUT2D eigenvalue weighted by Crippen LogP contribution is 2.32. The van der Waals surface area contributed by atoms with Crippen LogP contribution in [0.2, 0.25) is 0 Å². The van der Waals surface area contributed by atoms with Gasteiger partial charge in [-0.2, -0.15) is 0 Å². The quantitative estimate of drug-likeness (QED) is 0.760. The summed E-state index contributed by atoms with van der Waals surface area (Å²) in [6.07, 6.45) is 0.968. The maximum atomic E-state index is 13.1. The first-order valence-corrected chi connectivity index (χ1v) is 9.94. The van der Waals surface area contributed by atoms with Crippen molar-refractivity contribution in [1.82, 2.24) is 10.2 Å². The molecule has 30 heavy (non-hydrogen) atoms. The maximum Gasteiger partial charge on any atom is 0.266 e. The molecule has 0 aromatic heterocycles.